The second-order valence-electron chi connectivity index (χ2n) is 5.92. The van der Waals surface area contributed by atoms with Gasteiger partial charge in [-0.05, 0) is 56.0 Å². The minimum atomic E-state index is -0.415. The van der Waals surface area contributed by atoms with Crippen LogP contribution in [0, 0.1) is 24.0 Å². The number of fused-ring (bicyclic) bond motifs is 1. The number of nitrogens with zero attached hydrogens (tertiary/aromatic N) is 1. The van der Waals surface area contributed by atoms with Gasteiger partial charge in [0, 0.05) is 17.2 Å². The van der Waals surface area contributed by atoms with E-state index < -0.39 is 4.92 Å². The van der Waals surface area contributed by atoms with Gasteiger partial charge in [0.15, 0.2) is 5.78 Å². The number of hydrogen-bond donors (Lipinski definition) is 0. The smallest absolute Gasteiger partial charge is 0.276 e. The summed E-state index contributed by atoms with van der Waals surface area (Å²) in [5.41, 5.74) is 5.17. The molecule has 0 amide bonds. The van der Waals surface area contributed by atoms with E-state index in [2.05, 4.69) is 6.07 Å². The largest absolute Gasteiger partial charge is 0.289 e. The number of para-hydroxylation sites is 1. The topological polar surface area (TPSA) is 60.2 Å². The third kappa shape index (κ3) is 2.80. The first-order valence-electron chi connectivity index (χ1n) is 7.56. The van der Waals surface area contributed by atoms with Crippen molar-refractivity contribution in [2.75, 3.05) is 0 Å². The van der Waals surface area contributed by atoms with Crippen molar-refractivity contribution in [3.63, 3.8) is 0 Å². The second kappa shape index (κ2) is 5.80. The van der Waals surface area contributed by atoms with Crippen molar-refractivity contribution in [1.29, 1.82) is 0 Å². The summed E-state index contributed by atoms with van der Waals surface area (Å²) in [6, 6.07) is 10.5. The minimum Gasteiger partial charge on any atom is -0.289 e. The van der Waals surface area contributed by atoms with E-state index in [1.165, 1.54) is 6.07 Å². The van der Waals surface area contributed by atoms with Crippen LogP contribution in [0.2, 0.25) is 0 Å². The Morgan fingerprint density at radius 2 is 1.87 bits per heavy atom. The summed E-state index contributed by atoms with van der Waals surface area (Å²) in [7, 11) is 0. The Balaban J connectivity index is 2.07. The van der Waals surface area contributed by atoms with Gasteiger partial charge in [-0.15, -0.1) is 0 Å². The lowest BCUT2D eigenvalue weighted by atomic mass is 9.83. The first-order valence-corrected chi connectivity index (χ1v) is 7.56. The molecule has 0 heterocycles. The van der Waals surface area contributed by atoms with Crippen LogP contribution >= 0.6 is 0 Å². The van der Waals surface area contributed by atoms with E-state index in [-0.39, 0.29) is 11.5 Å². The molecule has 0 unspecified atom stereocenters. The lowest BCUT2D eigenvalue weighted by Gasteiger charge is -2.20. The van der Waals surface area contributed by atoms with E-state index in [0.29, 0.717) is 17.6 Å². The number of Topliss-reactive ketones (excluding diaryl/α,β-unsaturated/α-hetero) is 1. The van der Waals surface area contributed by atoms with Gasteiger partial charge in [0.25, 0.3) is 5.69 Å². The molecule has 23 heavy (non-hydrogen) atoms. The van der Waals surface area contributed by atoms with Gasteiger partial charge in [0.2, 0.25) is 0 Å². The molecule has 0 aromatic heterocycles. The SMILES string of the molecule is Cc1cc(C)c2c(c1)C(=O)/C(=C/c1ccccc1[N+](=O)[O-])CC2. The number of ketones is 1. The van der Waals surface area contributed by atoms with Crippen LogP contribution < -0.4 is 0 Å². The molecule has 0 bridgehead atoms. The van der Waals surface area contributed by atoms with Crippen LogP contribution in [-0.2, 0) is 6.42 Å². The van der Waals surface area contributed by atoms with Gasteiger partial charge in [0.1, 0.15) is 0 Å². The van der Waals surface area contributed by atoms with E-state index in [1.807, 2.05) is 19.9 Å². The molecule has 3 rings (SSSR count). The molecular formula is C19H17NO3. The first kappa shape index (κ1) is 15.2. The summed E-state index contributed by atoms with van der Waals surface area (Å²) < 4.78 is 0. The zero-order chi connectivity index (χ0) is 16.6. The predicted octanol–water partition coefficient (Wildman–Crippen LogP) is 4.42. The van der Waals surface area contributed by atoms with Crippen molar-refractivity contribution in [1.82, 2.24) is 0 Å². The van der Waals surface area contributed by atoms with Crippen molar-refractivity contribution in [2.24, 2.45) is 0 Å². The zero-order valence-corrected chi connectivity index (χ0v) is 13.1. The Kier molecular flexibility index (Phi) is 3.82. The van der Waals surface area contributed by atoms with Crippen molar-refractivity contribution < 1.29 is 9.72 Å². The fourth-order valence-corrected chi connectivity index (χ4v) is 3.18. The van der Waals surface area contributed by atoms with Crippen molar-refractivity contribution in [3.8, 4) is 0 Å². The summed E-state index contributed by atoms with van der Waals surface area (Å²) in [6.45, 7) is 4.00. The van der Waals surface area contributed by atoms with Gasteiger partial charge in [-0.25, -0.2) is 0 Å². The van der Waals surface area contributed by atoms with E-state index in [9.17, 15) is 14.9 Å². The molecular weight excluding hydrogens is 290 g/mol. The molecule has 0 N–H and O–H groups in total. The standard InChI is InChI=1S/C19H17NO3/c1-12-9-13(2)16-8-7-15(19(21)17(16)10-12)11-14-5-3-4-6-18(14)20(22)23/h3-6,9-11H,7-8H2,1-2H3/b15-11+. The maximum absolute atomic E-state index is 12.8. The molecule has 2 aromatic rings. The van der Waals surface area contributed by atoms with Crippen molar-refractivity contribution in [3.05, 3.63) is 79.9 Å². The maximum atomic E-state index is 12.8. The number of allylic oxidation sites excluding steroid dienone is 1. The number of nitro benzene ring substituents is 1. The van der Waals surface area contributed by atoms with Crippen molar-refractivity contribution in [2.45, 2.75) is 26.7 Å². The Hall–Kier alpha value is -2.75. The molecule has 0 radical (unpaired) electrons. The molecule has 2 aromatic carbocycles. The van der Waals surface area contributed by atoms with Gasteiger partial charge in [-0.1, -0.05) is 23.8 Å². The van der Waals surface area contributed by atoms with E-state index in [0.717, 1.165) is 28.7 Å². The third-order valence-corrected chi connectivity index (χ3v) is 4.26. The Morgan fingerprint density at radius 1 is 1.13 bits per heavy atom. The molecule has 0 saturated carbocycles. The lowest BCUT2D eigenvalue weighted by Crippen LogP contribution is -2.15. The highest BCUT2D eigenvalue weighted by Crippen LogP contribution is 2.31. The molecule has 4 nitrogen and oxygen atoms in total. The molecule has 1 aliphatic rings. The minimum absolute atomic E-state index is 0.0174. The second-order valence-corrected chi connectivity index (χ2v) is 5.92. The van der Waals surface area contributed by atoms with Crippen LogP contribution in [0.15, 0.2) is 42.0 Å². The Bertz CT molecular complexity index is 850. The monoisotopic (exact) mass is 307 g/mol. The molecule has 0 fully saturated rings. The molecule has 116 valence electrons. The molecule has 0 atom stereocenters. The summed E-state index contributed by atoms with van der Waals surface area (Å²) in [4.78, 5) is 23.5. The van der Waals surface area contributed by atoms with Gasteiger partial charge < -0.3 is 0 Å². The number of carbonyl (C=O) groups excluding carboxylic acids is 1. The quantitative estimate of drug-likeness (QED) is 0.468. The Labute approximate surface area is 134 Å². The van der Waals surface area contributed by atoms with Crippen LogP contribution in [0.4, 0.5) is 5.69 Å². The normalized spacial score (nSPS) is 15.6. The Morgan fingerprint density at radius 3 is 2.61 bits per heavy atom. The fourth-order valence-electron chi connectivity index (χ4n) is 3.18. The van der Waals surface area contributed by atoms with Crippen LogP contribution in [0.25, 0.3) is 6.08 Å². The van der Waals surface area contributed by atoms with Crippen molar-refractivity contribution >= 4 is 17.5 Å². The highest BCUT2D eigenvalue weighted by atomic mass is 16.6. The third-order valence-electron chi connectivity index (χ3n) is 4.26. The van der Waals surface area contributed by atoms with Crippen LogP contribution in [0.3, 0.4) is 0 Å². The van der Waals surface area contributed by atoms with Gasteiger partial charge >= 0.3 is 0 Å². The number of hydrogen-bond acceptors (Lipinski definition) is 3. The number of benzene rings is 2. The van der Waals surface area contributed by atoms with Crippen LogP contribution in [0.5, 0.6) is 0 Å². The lowest BCUT2D eigenvalue weighted by molar-refractivity contribution is -0.385. The fraction of sp³-hybridized carbons (Fsp3) is 0.211. The van der Waals surface area contributed by atoms with Gasteiger partial charge in [-0.3, -0.25) is 14.9 Å². The summed E-state index contributed by atoms with van der Waals surface area (Å²) in [6.07, 6.45) is 3.07. The number of aryl methyl sites for hydroxylation is 2. The highest BCUT2D eigenvalue weighted by molar-refractivity contribution is 6.13. The summed E-state index contributed by atoms with van der Waals surface area (Å²) in [5, 5.41) is 11.1. The average Bonchev–Trinajstić information content (AvgIpc) is 2.51. The zero-order valence-electron chi connectivity index (χ0n) is 13.1. The molecule has 1 aliphatic carbocycles. The van der Waals surface area contributed by atoms with Gasteiger partial charge in [-0.2, -0.15) is 0 Å². The molecule has 0 saturated heterocycles. The number of nitro groups is 1. The van der Waals surface area contributed by atoms with Crippen LogP contribution in [0.1, 0.15) is 39.0 Å². The molecule has 4 heteroatoms. The summed E-state index contributed by atoms with van der Waals surface area (Å²) >= 11 is 0. The summed E-state index contributed by atoms with van der Waals surface area (Å²) in [5.74, 6) is -0.0174. The number of carbonyl (C=O) groups is 1. The highest BCUT2D eigenvalue weighted by Gasteiger charge is 2.24. The number of rotatable bonds is 2. The van der Waals surface area contributed by atoms with E-state index in [1.54, 1.807) is 24.3 Å². The maximum Gasteiger partial charge on any atom is 0.276 e. The molecule has 0 aliphatic heterocycles. The van der Waals surface area contributed by atoms with Crippen LogP contribution in [-0.4, -0.2) is 10.7 Å². The average molecular weight is 307 g/mol. The molecule has 0 spiro atoms. The first-order chi connectivity index (χ1) is 11.0. The van der Waals surface area contributed by atoms with Gasteiger partial charge in [0.05, 0.1) is 10.5 Å². The predicted molar refractivity (Wildman–Crippen MR) is 89.6 cm³/mol. The van der Waals surface area contributed by atoms with E-state index in [4.69, 9.17) is 0 Å². The van der Waals surface area contributed by atoms with E-state index >= 15 is 0 Å².